The van der Waals surface area contributed by atoms with Crippen LogP contribution in [0.1, 0.15) is 25.8 Å². The van der Waals surface area contributed by atoms with Crippen molar-refractivity contribution in [1.29, 1.82) is 0 Å². The number of benzene rings is 1. The summed E-state index contributed by atoms with van der Waals surface area (Å²) in [6.45, 7) is 5.14. The molecule has 2 aromatic rings. The molecule has 0 spiro atoms. The molecule has 28 heavy (non-hydrogen) atoms. The van der Waals surface area contributed by atoms with Crippen molar-refractivity contribution in [3.8, 4) is 5.88 Å². The van der Waals surface area contributed by atoms with Crippen LogP contribution in [0.15, 0.2) is 53.7 Å². The molecule has 1 aliphatic rings. The van der Waals surface area contributed by atoms with Gasteiger partial charge in [-0.3, -0.25) is 9.79 Å². The highest BCUT2D eigenvalue weighted by atomic mass is 16.5. The number of nitrogens with one attached hydrogen (secondary N) is 2. The fraction of sp³-hybridized carbons (Fsp3) is 0.381. The third kappa shape index (κ3) is 5.22. The zero-order valence-electron chi connectivity index (χ0n) is 16.6. The molecular formula is C21H27N5O2. The van der Waals surface area contributed by atoms with Crippen LogP contribution in [0.25, 0.3) is 0 Å². The molecule has 148 valence electrons. The number of guanidine groups is 1. The first-order valence-electron chi connectivity index (χ1n) is 9.49. The summed E-state index contributed by atoms with van der Waals surface area (Å²) in [5.74, 6) is 1.39. The Balaban J connectivity index is 1.52. The summed E-state index contributed by atoms with van der Waals surface area (Å²) >= 11 is 0. The minimum atomic E-state index is 0.0128. The number of hydrogen-bond acceptors (Lipinski definition) is 4. The lowest BCUT2D eigenvalue weighted by Crippen LogP contribution is -2.44. The SMILES string of the molecule is CN=C(NCc1ccc(OC(C)C)nc1)NC1CC(=O)N(c2ccccc2)C1. The molecule has 1 atom stereocenters. The number of carbonyl (C=O) groups excluding carboxylic acids is 1. The second-order valence-electron chi connectivity index (χ2n) is 6.98. The van der Waals surface area contributed by atoms with Crippen LogP contribution < -0.4 is 20.3 Å². The van der Waals surface area contributed by atoms with Gasteiger partial charge in [-0.25, -0.2) is 4.98 Å². The number of anilines is 1. The van der Waals surface area contributed by atoms with Crippen LogP contribution in [0.3, 0.4) is 0 Å². The Morgan fingerprint density at radius 2 is 2.07 bits per heavy atom. The molecular weight excluding hydrogens is 354 g/mol. The van der Waals surface area contributed by atoms with Crippen molar-refractivity contribution in [3.63, 3.8) is 0 Å². The summed E-state index contributed by atoms with van der Waals surface area (Å²) < 4.78 is 5.56. The number of aliphatic imine (C=N–C) groups is 1. The van der Waals surface area contributed by atoms with Gasteiger partial charge >= 0.3 is 0 Å². The van der Waals surface area contributed by atoms with Crippen LogP contribution in [0.4, 0.5) is 5.69 Å². The van der Waals surface area contributed by atoms with E-state index in [2.05, 4.69) is 20.6 Å². The van der Waals surface area contributed by atoms with E-state index in [1.54, 1.807) is 13.2 Å². The van der Waals surface area contributed by atoms with Crippen LogP contribution in [0.2, 0.25) is 0 Å². The van der Waals surface area contributed by atoms with Crippen molar-refractivity contribution in [1.82, 2.24) is 15.6 Å². The second kappa shape index (κ2) is 9.21. The molecule has 2 N–H and O–H groups in total. The van der Waals surface area contributed by atoms with Crippen molar-refractivity contribution in [2.24, 2.45) is 4.99 Å². The lowest BCUT2D eigenvalue weighted by Gasteiger charge is -2.19. The van der Waals surface area contributed by atoms with E-state index in [0.29, 0.717) is 31.3 Å². The number of ether oxygens (including phenoxy) is 1. The van der Waals surface area contributed by atoms with Crippen LogP contribution >= 0.6 is 0 Å². The van der Waals surface area contributed by atoms with Crippen molar-refractivity contribution in [3.05, 3.63) is 54.2 Å². The quantitative estimate of drug-likeness (QED) is 0.593. The molecule has 0 aliphatic carbocycles. The predicted molar refractivity (Wildman–Crippen MR) is 111 cm³/mol. The van der Waals surface area contributed by atoms with Crippen molar-refractivity contribution in [2.45, 2.75) is 39.0 Å². The first-order chi connectivity index (χ1) is 13.5. The monoisotopic (exact) mass is 381 g/mol. The van der Waals surface area contributed by atoms with E-state index >= 15 is 0 Å². The van der Waals surface area contributed by atoms with Gasteiger partial charge in [-0.05, 0) is 31.5 Å². The van der Waals surface area contributed by atoms with E-state index in [1.165, 1.54) is 0 Å². The number of carbonyl (C=O) groups is 1. The number of para-hydroxylation sites is 1. The van der Waals surface area contributed by atoms with E-state index in [4.69, 9.17) is 4.74 Å². The van der Waals surface area contributed by atoms with Gasteiger partial charge in [0.2, 0.25) is 11.8 Å². The molecule has 0 saturated carbocycles. The topological polar surface area (TPSA) is 78.9 Å². The maximum absolute atomic E-state index is 12.3. The maximum atomic E-state index is 12.3. The Morgan fingerprint density at radius 3 is 2.71 bits per heavy atom. The molecule has 1 fully saturated rings. The van der Waals surface area contributed by atoms with E-state index in [1.807, 2.05) is 61.2 Å². The van der Waals surface area contributed by atoms with Gasteiger partial charge in [-0.2, -0.15) is 0 Å². The van der Waals surface area contributed by atoms with Gasteiger partial charge in [0.15, 0.2) is 5.96 Å². The molecule has 1 aliphatic heterocycles. The van der Waals surface area contributed by atoms with Crippen molar-refractivity contribution >= 4 is 17.6 Å². The zero-order chi connectivity index (χ0) is 19.9. The normalized spacial score (nSPS) is 17.1. The number of amides is 1. The lowest BCUT2D eigenvalue weighted by atomic mass is 10.2. The van der Waals surface area contributed by atoms with Gasteiger partial charge in [0.1, 0.15) is 0 Å². The van der Waals surface area contributed by atoms with Crippen LogP contribution in [-0.2, 0) is 11.3 Å². The third-order valence-electron chi connectivity index (χ3n) is 4.37. The Kier molecular flexibility index (Phi) is 6.47. The van der Waals surface area contributed by atoms with Crippen LogP contribution in [0.5, 0.6) is 5.88 Å². The van der Waals surface area contributed by atoms with E-state index in [-0.39, 0.29) is 18.1 Å². The van der Waals surface area contributed by atoms with Crippen molar-refractivity contribution < 1.29 is 9.53 Å². The summed E-state index contributed by atoms with van der Waals surface area (Å²) in [6.07, 6.45) is 2.33. The number of nitrogens with zero attached hydrogens (tertiary/aromatic N) is 3. The highest BCUT2D eigenvalue weighted by molar-refractivity contribution is 5.97. The van der Waals surface area contributed by atoms with E-state index < -0.39 is 0 Å². The van der Waals surface area contributed by atoms with Gasteiger partial charge in [-0.1, -0.05) is 24.3 Å². The minimum Gasteiger partial charge on any atom is -0.475 e. The molecule has 1 aromatic heterocycles. The van der Waals surface area contributed by atoms with Gasteiger partial charge < -0.3 is 20.3 Å². The summed E-state index contributed by atoms with van der Waals surface area (Å²) in [5.41, 5.74) is 1.95. The lowest BCUT2D eigenvalue weighted by molar-refractivity contribution is -0.117. The molecule has 1 saturated heterocycles. The molecule has 3 rings (SSSR count). The smallest absolute Gasteiger partial charge is 0.229 e. The maximum Gasteiger partial charge on any atom is 0.229 e. The average molecular weight is 381 g/mol. The summed E-state index contributed by atoms with van der Waals surface area (Å²) in [5, 5.41) is 6.61. The van der Waals surface area contributed by atoms with Gasteiger partial charge in [0, 0.05) is 44.5 Å². The Bertz CT molecular complexity index is 805. The minimum absolute atomic E-state index is 0.0128. The molecule has 0 radical (unpaired) electrons. The summed E-state index contributed by atoms with van der Waals surface area (Å²) in [7, 11) is 1.72. The molecule has 1 unspecified atom stereocenters. The number of rotatable bonds is 6. The van der Waals surface area contributed by atoms with E-state index in [0.717, 1.165) is 11.3 Å². The van der Waals surface area contributed by atoms with Gasteiger partial charge in [0.25, 0.3) is 0 Å². The second-order valence-corrected chi connectivity index (χ2v) is 6.98. The van der Waals surface area contributed by atoms with Crippen molar-refractivity contribution in [2.75, 3.05) is 18.5 Å². The molecule has 7 heteroatoms. The molecule has 2 heterocycles. The number of pyridine rings is 1. The Labute approximate surface area is 165 Å². The van der Waals surface area contributed by atoms with E-state index in [9.17, 15) is 4.79 Å². The molecule has 1 amide bonds. The standard InChI is InChI=1S/C21H27N5O2/c1-15(2)28-19-10-9-16(12-23-19)13-24-21(22-3)25-17-11-20(27)26(14-17)18-7-5-4-6-8-18/h4-10,12,15,17H,11,13-14H2,1-3H3,(H2,22,24,25). The zero-order valence-corrected chi connectivity index (χ0v) is 16.6. The highest BCUT2D eigenvalue weighted by Crippen LogP contribution is 2.21. The third-order valence-corrected chi connectivity index (χ3v) is 4.37. The van der Waals surface area contributed by atoms with Crippen LogP contribution in [0, 0.1) is 0 Å². The first-order valence-corrected chi connectivity index (χ1v) is 9.49. The van der Waals surface area contributed by atoms with Gasteiger partial charge in [-0.15, -0.1) is 0 Å². The fourth-order valence-electron chi connectivity index (χ4n) is 3.06. The largest absolute Gasteiger partial charge is 0.475 e. The predicted octanol–water partition coefficient (Wildman–Crippen LogP) is 2.34. The van der Waals surface area contributed by atoms with Gasteiger partial charge in [0.05, 0.1) is 12.1 Å². The summed E-state index contributed by atoms with van der Waals surface area (Å²) in [4.78, 5) is 22.7. The molecule has 0 bridgehead atoms. The number of aromatic nitrogens is 1. The first kappa shape index (κ1) is 19.7. The molecule has 7 nitrogen and oxygen atoms in total. The Hall–Kier alpha value is -3.09. The number of hydrogen-bond donors (Lipinski definition) is 2. The molecule has 1 aromatic carbocycles. The van der Waals surface area contributed by atoms with Crippen LogP contribution in [-0.4, -0.2) is 42.6 Å². The Morgan fingerprint density at radius 1 is 1.29 bits per heavy atom. The fourth-order valence-corrected chi connectivity index (χ4v) is 3.06. The summed E-state index contributed by atoms with van der Waals surface area (Å²) in [6, 6.07) is 13.6. The highest BCUT2D eigenvalue weighted by Gasteiger charge is 2.30. The average Bonchev–Trinajstić information content (AvgIpc) is 3.06.